The fourth-order valence-electron chi connectivity index (χ4n) is 2.88. The zero-order valence-electron chi connectivity index (χ0n) is 13.4. The molecule has 8 heteroatoms. The third-order valence-corrected chi connectivity index (χ3v) is 4.45. The summed E-state index contributed by atoms with van der Waals surface area (Å²) in [6.07, 6.45) is 2.09. The molecule has 2 N–H and O–H groups in total. The monoisotopic (exact) mass is 365 g/mol. The third-order valence-electron chi connectivity index (χ3n) is 4.16. The molecule has 1 saturated heterocycles. The number of halogens is 2. The van der Waals surface area contributed by atoms with Gasteiger partial charge in [0.25, 0.3) is 10.9 Å². The van der Waals surface area contributed by atoms with Crippen LogP contribution in [-0.2, 0) is 4.79 Å². The SMILES string of the molecule is O=C(CCNc1c(N2CCCC2)c(=O)c1=O)Nc1ccc(F)c(Cl)c1. The molecule has 0 unspecified atom stereocenters. The summed E-state index contributed by atoms with van der Waals surface area (Å²) >= 11 is 5.66. The quantitative estimate of drug-likeness (QED) is 0.767. The third kappa shape index (κ3) is 3.66. The van der Waals surface area contributed by atoms with Crippen molar-refractivity contribution in [3.63, 3.8) is 0 Å². The number of hydrogen-bond donors (Lipinski definition) is 2. The van der Waals surface area contributed by atoms with E-state index in [1.807, 2.05) is 4.90 Å². The number of anilines is 3. The molecule has 1 aliphatic rings. The van der Waals surface area contributed by atoms with E-state index in [9.17, 15) is 18.8 Å². The van der Waals surface area contributed by atoms with Gasteiger partial charge in [-0.25, -0.2) is 4.39 Å². The molecule has 3 rings (SSSR count). The number of hydrogen-bond acceptors (Lipinski definition) is 5. The molecule has 0 aliphatic carbocycles. The Kier molecular flexibility index (Phi) is 5.03. The van der Waals surface area contributed by atoms with Crippen molar-refractivity contribution in [2.45, 2.75) is 19.3 Å². The highest BCUT2D eigenvalue weighted by atomic mass is 35.5. The largest absolute Gasteiger partial charge is 0.379 e. The highest BCUT2D eigenvalue weighted by Crippen LogP contribution is 2.24. The first-order valence-corrected chi connectivity index (χ1v) is 8.42. The van der Waals surface area contributed by atoms with E-state index in [4.69, 9.17) is 11.6 Å². The highest BCUT2D eigenvalue weighted by molar-refractivity contribution is 6.31. The zero-order chi connectivity index (χ0) is 18.0. The van der Waals surface area contributed by atoms with E-state index in [2.05, 4.69) is 10.6 Å². The van der Waals surface area contributed by atoms with Crippen molar-refractivity contribution in [3.8, 4) is 0 Å². The molecule has 1 heterocycles. The Balaban J connectivity index is 1.54. The van der Waals surface area contributed by atoms with Gasteiger partial charge in [0.15, 0.2) is 0 Å². The maximum absolute atomic E-state index is 13.1. The molecule has 132 valence electrons. The van der Waals surface area contributed by atoms with Crippen molar-refractivity contribution in [1.29, 1.82) is 0 Å². The minimum atomic E-state index is -0.559. The predicted molar refractivity (Wildman–Crippen MR) is 95.9 cm³/mol. The van der Waals surface area contributed by atoms with Crippen molar-refractivity contribution in [2.75, 3.05) is 35.2 Å². The summed E-state index contributed by atoms with van der Waals surface area (Å²) in [5.74, 6) is -0.868. The van der Waals surface area contributed by atoms with Crippen LogP contribution >= 0.6 is 11.6 Å². The lowest BCUT2D eigenvalue weighted by molar-refractivity contribution is -0.115. The van der Waals surface area contributed by atoms with Gasteiger partial charge in [0.1, 0.15) is 17.2 Å². The molecule has 1 aliphatic heterocycles. The number of nitrogens with one attached hydrogen (secondary N) is 2. The molecular formula is C17H17ClFN3O3. The van der Waals surface area contributed by atoms with Crippen LogP contribution < -0.4 is 26.4 Å². The van der Waals surface area contributed by atoms with Gasteiger partial charge in [-0.05, 0) is 31.0 Å². The van der Waals surface area contributed by atoms with Crippen LogP contribution in [0.3, 0.4) is 0 Å². The van der Waals surface area contributed by atoms with E-state index in [1.165, 1.54) is 18.2 Å². The van der Waals surface area contributed by atoms with Crippen LogP contribution in [-0.4, -0.2) is 25.5 Å². The Morgan fingerprint density at radius 3 is 2.60 bits per heavy atom. The maximum Gasteiger partial charge on any atom is 0.253 e. The van der Waals surface area contributed by atoms with Gasteiger partial charge in [0.05, 0.1) is 5.02 Å². The van der Waals surface area contributed by atoms with Crippen molar-refractivity contribution in [3.05, 3.63) is 49.5 Å². The molecule has 0 aromatic heterocycles. The first-order valence-electron chi connectivity index (χ1n) is 8.04. The fourth-order valence-corrected chi connectivity index (χ4v) is 3.07. The Labute approximate surface area is 148 Å². The topological polar surface area (TPSA) is 78.5 Å². The lowest BCUT2D eigenvalue weighted by Gasteiger charge is -2.22. The second-order valence-electron chi connectivity index (χ2n) is 5.93. The summed E-state index contributed by atoms with van der Waals surface area (Å²) in [4.78, 5) is 37.3. The molecule has 0 saturated carbocycles. The summed E-state index contributed by atoms with van der Waals surface area (Å²) in [7, 11) is 0. The second-order valence-corrected chi connectivity index (χ2v) is 6.34. The number of carbonyl (C=O) groups excluding carboxylic acids is 1. The highest BCUT2D eigenvalue weighted by Gasteiger charge is 2.27. The standard InChI is InChI=1S/C17H17ClFN3O3/c18-11-9-10(3-4-12(11)19)21-13(23)5-6-20-14-15(17(25)16(14)24)22-7-1-2-8-22/h3-4,9,20H,1-2,5-8H2,(H,21,23). The molecule has 0 atom stereocenters. The molecule has 1 fully saturated rings. The molecule has 25 heavy (non-hydrogen) atoms. The molecule has 2 aromatic carbocycles. The first-order chi connectivity index (χ1) is 12.0. The molecule has 2 aromatic rings. The molecular weight excluding hydrogens is 349 g/mol. The van der Waals surface area contributed by atoms with Crippen molar-refractivity contribution in [1.82, 2.24) is 0 Å². The average Bonchev–Trinajstić information content (AvgIpc) is 3.10. The summed E-state index contributed by atoms with van der Waals surface area (Å²) in [6, 6.07) is 3.90. The summed E-state index contributed by atoms with van der Waals surface area (Å²) in [5.41, 5.74) is 0.128. The van der Waals surface area contributed by atoms with E-state index >= 15 is 0 Å². The normalized spacial score (nSPS) is 14.1. The molecule has 6 nitrogen and oxygen atoms in total. The first kappa shape index (κ1) is 17.4. The molecule has 1 amide bonds. The number of nitrogens with zero attached hydrogens (tertiary/aromatic N) is 1. The van der Waals surface area contributed by atoms with E-state index < -0.39 is 16.7 Å². The minimum Gasteiger partial charge on any atom is -0.379 e. The van der Waals surface area contributed by atoms with Gasteiger partial charge in [-0.2, -0.15) is 0 Å². The van der Waals surface area contributed by atoms with Crippen LogP contribution in [0.15, 0.2) is 27.8 Å². The number of carbonyl (C=O) groups is 1. The Morgan fingerprint density at radius 2 is 1.92 bits per heavy atom. The summed E-state index contributed by atoms with van der Waals surface area (Å²) < 4.78 is 13.1. The zero-order valence-corrected chi connectivity index (χ0v) is 14.2. The van der Waals surface area contributed by atoms with E-state index in [0.717, 1.165) is 25.9 Å². The van der Waals surface area contributed by atoms with E-state index in [-0.39, 0.29) is 23.9 Å². The lowest BCUT2D eigenvalue weighted by Crippen LogP contribution is -2.42. The second kappa shape index (κ2) is 7.23. The summed E-state index contributed by atoms with van der Waals surface area (Å²) in [6.45, 7) is 1.75. The van der Waals surface area contributed by atoms with Crippen LogP contribution in [0.25, 0.3) is 0 Å². The number of rotatable bonds is 6. The van der Waals surface area contributed by atoms with Crippen LogP contribution in [0.2, 0.25) is 5.02 Å². The number of amides is 1. The van der Waals surface area contributed by atoms with Crippen LogP contribution in [0.4, 0.5) is 21.5 Å². The van der Waals surface area contributed by atoms with Crippen LogP contribution in [0, 0.1) is 5.82 Å². The van der Waals surface area contributed by atoms with Gasteiger partial charge in [-0.15, -0.1) is 0 Å². The lowest BCUT2D eigenvalue weighted by atomic mass is 10.1. The van der Waals surface area contributed by atoms with Gasteiger partial charge in [-0.1, -0.05) is 11.6 Å². The minimum absolute atomic E-state index is 0.0742. The number of benzene rings is 1. The van der Waals surface area contributed by atoms with Gasteiger partial charge in [0.2, 0.25) is 5.91 Å². The van der Waals surface area contributed by atoms with Gasteiger partial charge < -0.3 is 15.5 Å². The van der Waals surface area contributed by atoms with Crippen LogP contribution in [0.1, 0.15) is 19.3 Å². The summed E-state index contributed by atoms with van der Waals surface area (Å²) in [5, 5.41) is 5.41. The van der Waals surface area contributed by atoms with E-state index in [1.54, 1.807) is 0 Å². The fraction of sp³-hybridized carbons (Fsp3) is 0.353. The van der Waals surface area contributed by atoms with Crippen molar-refractivity contribution < 1.29 is 9.18 Å². The van der Waals surface area contributed by atoms with Crippen LogP contribution in [0.5, 0.6) is 0 Å². The van der Waals surface area contributed by atoms with Crippen molar-refractivity contribution >= 4 is 34.6 Å². The Morgan fingerprint density at radius 1 is 1.20 bits per heavy atom. The smallest absolute Gasteiger partial charge is 0.253 e. The van der Waals surface area contributed by atoms with Gasteiger partial charge in [0, 0.05) is 31.7 Å². The average molecular weight is 366 g/mol. The van der Waals surface area contributed by atoms with Crippen molar-refractivity contribution in [2.24, 2.45) is 0 Å². The van der Waals surface area contributed by atoms with Gasteiger partial charge in [-0.3, -0.25) is 14.4 Å². The Hall–Kier alpha value is -2.41. The maximum atomic E-state index is 13.1. The van der Waals surface area contributed by atoms with Gasteiger partial charge >= 0.3 is 0 Å². The van der Waals surface area contributed by atoms with E-state index in [0.29, 0.717) is 17.1 Å². The molecule has 0 radical (unpaired) electrons. The molecule has 0 bridgehead atoms. The Bertz CT molecular complexity index is 871. The molecule has 0 spiro atoms. The predicted octanol–water partition coefficient (Wildman–Crippen LogP) is 2.12.